The van der Waals surface area contributed by atoms with Gasteiger partial charge in [-0.15, -0.1) is 0 Å². The number of nitrogens with one attached hydrogen (secondary N) is 1. The number of aliphatic hydroxyl groups is 1. The minimum absolute atomic E-state index is 0.0164. The third kappa shape index (κ3) is 3.86. The van der Waals surface area contributed by atoms with E-state index in [4.69, 9.17) is 5.11 Å². The number of halogens is 1. The maximum absolute atomic E-state index is 11.7. The van der Waals surface area contributed by atoms with Gasteiger partial charge in [0.1, 0.15) is 0 Å². The number of rotatable bonds is 5. The van der Waals surface area contributed by atoms with Crippen molar-refractivity contribution < 1.29 is 13.5 Å². The van der Waals surface area contributed by atoms with Crippen LogP contribution in [0.5, 0.6) is 0 Å². The molecule has 0 fully saturated rings. The van der Waals surface area contributed by atoms with Gasteiger partial charge < -0.3 is 5.11 Å². The molecular formula is C10H14BrNO3S. The van der Waals surface area contributed by atoms with Crippen LogP contribution in [-0.4, -0.2) is 26.2 Å². The smallest absolute Gasteiger partial charge is 0.240 e. The SMILES string of the molecule is CC(O)CNS(=O)(=O)c1ccc(CBr)cc1. The van der Waals surface area contributed by atoms with E-state index in [1.807, 2.05) is 0 Å². The highest BCUT2D eigenvalue weighted by Gasteiger charge is 2.13. The molecule has 0 saturated heterocycles. The van der Waals surface area contributed by atoms with E-state index < -0.39 is 16.1 Å². The molecule has 0 aliphatic heterocycles. The number of alkyl halides is 1. The van der Waals surface area contributed by atoms with Crippen molar-refractivity contribution in [3.8, 4) is 0 Å². The largest absolute Gasteiger partial charge is 0.392 e. The molecule has 6 heteroatoms. The Morgan fingerprint density at radius 2 is 1.94 bits per heavy atom. The Morgan fingerprint density at radius 3 is 2.38 bits per heavy atom. The van der Waals surface area contributed by atoms with Crippen LogP contribution < -0.4 is 4.72 Å². The molecule has 0 spiro atoms. The first kappa shape index (κ1) is 13.6. The first-order valence-corrected chi connectivity index (χ1v) is 7.39. The molecule has 1 atom stereocenters. The van der Waals surface area contributed by atoms with Crippen molar-refractivity contribution >= 4 is 26.0 Å². The fourth-order valence-electron chi connectivity index (χ4n) is 1.07. The molecule has 90 valence electrons. The number of aliphatic hydroxyl groups excluding tert-OH is 1. The fourth-order valence-corrected chi connectivity index (χ4v) is 2.57. The molecule has 0 saturated carbocycles. The highest BCUT2D eigenvalue weighted by Crippen LogP contribution is 2.12. The van der Waals surface area contributed by atoms with E-state index in [0.717, 1.165) is 5.56 Å². The predicted octanol–water partition coefficient (Wildman–Crippen LogP) is 1.24. The van der Waals surface area contributed by atoms with Gasteiger partial charge >= 0.3 is 0 Å². The van der Waals surface area contributed by atoms with Crippen LogP contribution in [-0.2, 0) is 15.4 Å². The first-order valence-electron chi connectivity index (χ1n) is 4.78. The second-order valence-corrected chi connectivity index (χ2v) is 5.81. The average molecular weight is 308 g/mol. The Morgan fingerprint density at radius 1 is 1.38 bits per heavy atom. The Labute approximate surface area is 104 Å². The van der Waals surface area contributed by atoms with E-state index in [2.05, 4.69) is 20.7 Å². The lowest BCUT2D eigenvalue weighted by molar-refractivity contribution is 0.198. The quantitative estimate of drug-likeness (QED) is 0.804. The van der Waals surface area contributed by atoms with Crippen molar-refractivity contribution in [3.05, 3.63) is 29.8 Å². The predicted molar refractivity (Wildman–Crippen MR) is 65.9 cm³/mol. The van der Waals surface area contributed by atoms with Crippen LogP contribution in [0.25, 0.3) is 0 Å². The molecule has 0 aromatic heterocycles. The zero-order valence-electron chi connectivity index (χ0n) is 8.85. The van der Waals surface area contributed by atoms with Crippen LogP contribution in [0, 0.1) is 0 Å². The number of benzene rings is 1. The van der Waals surface area contributed by atoms with Gasteiger partial charge in [-0.3, -0.25) is 0 Å². The number of hydrogen-bond acceptors (Lipinski definition) is 3. The van der Waals surface area contributed by atoms with Gasteiger partial charge in [-0.05, 0) is 24.6 Å². The topological polar surface area (TPSA) is 66.4 Å². The summed E-state index contributed by atoms with van der Waals surface area (Å²) >= 11 is 3.28. The van der Waals surface area contributed by atoms with E-state index in [-0.39, 0.29) is 11.4 Å². The molecular weight excluding hydrogens is 294 g/mol. The molecule has 0 aliphatic carbocycles. The first-order chi connectivity index (χ1) is 7.45. The summed E-state index contributed by atoms with van der Waals surface area (Å²) in [6.07, 6.45) is -0.698. The lowest BCUT2D eigenvalue weighted by Gasteiger charge is -2.08. The Kier molecular flexibility index (Phi) is 4.91. The molecule has 1 aromatic carbocycles. The molecule has 0 aliphatic rings. The van der Waals surface area contributed by atoms with Crippen LogP contribution in [0.1, 0.15) is 12.5 Å². The zero-order valence-corrected chi connectivity index (χ0v) is 11.3. The van der Waals surface area contributed by atoms with Crippen LogP contribution in [0.4, 0.5) is 0 Å². The number of sulfonamides is 1. The van der Waals surface area contributed by atoms with E-state index in [1.54, 1.807) is 24.3 Å². The summed E-state index contributed by atoms with van der Waals surface area (Å²) in [7, 11) is -3.51. The van der Waals surface area contributed by atoms with Gasteiger partial charge in [0.25, 0.3) is 0 Å². The third-order valence-corrected chi connectivity index (χ3v) is 4.04. The van der Waals surface area contributed by atoms with Gasteiger partial charge in [-0.25, -0.2) is 13.1 Å². The molecule has 1 rings (SSSR count). The molecule has 2 N–H and O–H groups in total. The highest BCUT2D eigenvalue weighted by molar-refractivity contribution is 9.08. The molecule has 0 bridgehead atoms. The molecule has 1 aromatic rings. The third-order valence-electron chi connectivity index (χ3n) is 1.96. The van der Waals surface area contributed by atoms with Crippen LogP contribution >= 0.6 is 15.9 Å². The summed E-state index contributed by atoms with van der Waals surface area (Å²) in [4.78, 5) is 0.206. The minimum atomic E-state index is -3.51. The van der Waals surface area contributed by atoms with Crippen molar-refractivity contribution in [2.24, 2.45) is 0 Å². The maximum Gasteiger partial charge on any atom is 0.240 e. The Balaban J connectivity index is 2.82. The molecule has 0 heterocycles. The summed E-state index contributed by atoms with van der Waals surface area (Å²) in [5.74, 6) is 0. The van der Waals surface area contributed by atoms with Crippen LogP contribution in [0.15, 0.2) is 29.2 Å². The van der Waals surface area contributed by atoms with E-state index in [9.17, 15) is 8.42 Å². The molecule has 0 amide bonds. The van der Waals surface area contributed by atoms with Crippen molar-refractivity contribution in [3.63, 3.8) is 0 Å². The highest BCUT2D eigenvalue weighted by atomic mass is 79.9. The summed E-state index contributed by atoms with van der Waals surface area (Å²) in [6, 6.07) is 6.57. The van der Waals surface area contributed by atoms with Gasteiger partial charge in [-0.1, -0.05) is 28.1 Å². The van der Waals surface area contributed by atoms with Crippen LogP contribution in [0.2, 0.25) is 0 Å². The van der Waals surface area contributed by atoms with Crippen LogP contribution in [0.3, 0.4) is 0 Å². The Bertz CT molecular complexity index is 428. The van der Waals surface area contributed by atoms with Crippen molar-refractivity contribution in [1.82, 2.24) is 4.72 Å². The van der Waals surface area contributed by atoms with Crippen molar-refractivity contribution in [2.45, 2.75) is 23.3 Å². The van der Waals surface area contributed by atoms with E-state index >= 15 is 0 Å². The summed E-state index contributed by atoms with van der Waals surface area (Å²) in [6.45, 7) is 1.54. The van der Waals surface area contributed by atoms with Gasteiger partial charge in [0.15, 0.2) is 0 Å². The number of hydrogen-bond donors (Lipinski definition) is 2. The second-order valence-electron chi connectivity index (χ2n) is 3.48. The normalized spacial score (nSPS) is 13.7. The second kappa shape index (κ2) is 5.77. The summed E-state index contributed by atoms with van der Waals surface area (Å²) in [5.41, 5.74) is 1.01. The van der Waals surface area contributed by atoms with Gasteiger partial charge in [-0.2, -0.15) is 0 Å². The average Bonchev–Trinajstić information content (AvgIpc) is 2.27. The van der Waals surface area contributed by atoms with Gasteiger partial charge in [0.2, 0.25) is 10.0 Å². The summed E-state index contributed by atoms with van der Waals surface area (Å²) in [5, 5.41) is 9.70. The molecule has 4 nitrogen and oxygen atoms in total. The van der Waals surface area contributed by atoms with Crippen molar-refractivity contribution in [2.75, 3.05) is 6.54 Å². The lowest BCUT2D eigenvalue weighted by Crippen LogP contribution is -2.30. The van der Waals surface area contributed by atoms with Gasteiger partial charge in [0.05, 0.1) is 11.0 Å². The monoisotopic (exact) mass is 307 g/mol. The van der Waals surface area contributed by atoms with Crippen molar-refractivity contribution in [1.29, 1.82) is 0 Å². The molecule has 16 heavy (non-hydrogen) atoms. The summed E-state index contributed by atoms with van der Waals surface area (Å²) < 4.78 is 25.7. The maximum atomic E-state index is 11.7. The minimum Gasteiger partial charge on any atom is -0.392 e. The fraction of sp³-hybridized carbons (Fsp3) is 0.400. The molecule has 1 unspecified atom stereocenters. The van der Waals surface area contributed by atoms with E-state index in [0.29, 0.717) is 5.33 Å². The van der Waals surface area contributed by atoms with E-state index in [1.165, 1.54) is 6.92 Å². The lowest BCUT2D eigenvalue weighted by atomic mass is 10.2. The Hall–Kier alpha value is -0.430. The zero-order chi connectivity index (χ0) is 12.2. The molecule has 0 radical (unpaired) electrons. The van der Waals surface area contributed by atoms with Gasteiger partial charge in [0, 0.05) is 11.9 Å². The standard InChI is InChI=1S/C10H14BrNO3S/c1-8(13)7-12-16(14,15)10-4-2-9(6-11)3-5-10/h2-5,8,12-13H,6-7H2,1H3.